The van der Waals surface area contributed by atoms with Crippen LogP contribution in [0.4, 0.5) is 37.7 Å². The number of alkyl halides is 6. The lowest BCUT2D eigenvalue weighted by molar-refractivity contribution is -0.154. The lowest BCUT2D eigenvalue weighted by Crippen LogP contribution is -2.32. The lowest BCUT2D eigenvalue weighted by Gasteiger charge is -2.26. The Balaban J connectivity index is 0.953. The van der Waals surface area contributed by atoms with Gasteiger partial charge >= 0.3 is 12.4 Å². The Morgan fingerprint density at radius 1 is 0.632 bits per heavy atom. The van der Waals surface area contributed by atoms with Crippen molar-refractivity contribution in [2.24, 2.45) is 11.5 Å². The number of aliphatic hydroxyl groups is 1. The summed E-state index contributed by atoms with van der Waals surface area (Å²) in [5.74, 6) is -0.648. The minimum absolute atomic E-state index is 0.00948. The minimum Gasteiger partial charge on any atom is -0.488 e. The molecule has 0 fully saturated rings. The number of aliphatic hydroxyl groups excluding tert-OH is 1. The van der Waals surface area contributed by atoms with Crippen LogP contribution in [0.15, 0.2) is 72.8 Å². The fraction of sp³-hybridized carbons (Fsp3) is 0.469. The Morgan fingerprint density at radius 2 is 1.00 bits per heavy atom. The van der Waals surface area contributed by atoms with Crippen LogP contribution in [0.3, 0.4) is 0 Å². The van der Waals surface area contributed by atoms with E-state index in [-0.39, 0.29) is 48.3 Å². The summed E-state index contributed by atoms with van der Waals surface area (Å²) in [5, 5.41) is 17.9. The quantitative estimate of drug-likeness (QED) is 0.0342. The molecule has 370 valence electrons. The van der Waals surface area contributed by atoms with Crippen LogP contribution in [0.1, 0.15) is 69.7 Å². The van der Waals surface area contributed by atoms with Crippen molar-refractivity contribution >= 4 is 23.2 Å². The largest absolute Gasteiger partial charge is 0.488 e. The standard InChI is InChI=1S/C49H60F6N6O7/c1-31(58-15-21-65-40-7-3-5-9-42(40)67-29-48(50,51)52)23-33-25-35-11-17-60(44(35)38(27-33)46(56)63)19-13-37(62)14-20-61-18-12-36-26-34(28-39(45(36)61)47(57)64)24-32(2)59-16-22-66-41-8-4-6-10-43(41)68-30-49(53,54)55/h3-10,25-28,31-32,37,58-59,62H,11-24,29-30H2,1-2H3,(H2,56,63)(H2,57,64)/t31-,32-/m1/s1. The Labute approximate surface area is 392 Å². The summed E-state index contributed by atoms with van der Waals surface area (Å²) in [7, 11) is 0. The van der Waals surface area contributed by atoms with E-state index >= 15 is 0 Å². The summed E-state index contributed by atoms with van der Waals surface area (Å²) < 4.78 is 97.2. The molecule has 0 saturated carbocycles. The Bertz CT molecular complexity index is 2170. The lowest BCUT2D eigenvalue weighted by atomic mass is 9.98. The molecular formula is C49H60F6N6O7. The molecular weight excluding hydrogens is 899 g/mol. The van der Waals surface area contributed by atoms with Crippen LogP contribution >= 0.6 is 0 Å². The predicted octanol–water partition coefficient (Wildman–Crippen LogP) is 6.53. The van der Waals surface area contributed by atoms with Gasteiger partial charge in [-0.15, -0.1) is 0 Å². The topological polar surface area (TPSA) is 174 Å². The highest BCUT2D eigenvalue weighted by atomic mass is 19.4. The van der Waals surface area contributed by atoms with Gasteiger partial charge in [0.15, 0.2) is 36.2 Å². The van der Waals surface area contributed by atoms with Crippen LogP contribution in [-0.2, 0) is 25.7 Å². The van der Waals surface area contributed by atoms with E-state index in [4.69, 9.17) is 30.4 Å². The first-order valence-electron chi connectivity index (χ1n) is 22.7. The molecule has 0 bridgehead atoms. The molecule has 2 amide bonds. The second kappa shape index (κ2) is 23.4. The van der Waals surface area contributed by atoms with E-state index in [9.17, 15) is 41.0 Å². The van der Waals surface area contributed by atoms with Gasteiger partial charge in [-0.3, -0.25) is 9.59 Å². The maximum absolute atomic E-state index is 12.8. The average Bonchev–Trinajstić information content (AvgIpc) is 3.89. The second-order valence-corrected chi connectivity index (χ2v) is 17.3. The number of para-hydroxylation sites is 4. The fourth-order valence-electron chi connectivity index (χ4n) is 8.68. The van der Waals surface area contributed by atoms with Crippen molar-refractivity contribution in [2.75, 3.05) is 75.5 Å². The van der Waals surface area contributed by atoms with Crippen LogP contribution < -0.4 is 50.8 Å². The van der Waals surface area contributed by atoms with Crippen molar-refractivity contribution in [1.29, 1.82) is 0 Å². The van der Waals surface area contributed by atoms with E-state index in [1.807, 2.05) is 26.0 Å². The van der Waals surface area contributed by atoms with Crippen LogP contribution in [0.2, 0.25) is 0 Å². The van der Waals surface area contributed by atoms with E-state index in [1.165, 1.54) is 12.1 Å². The van der Waals surface area contributed by atoms with Crippen LogP contribution in [-0.4, -0.2) is 113 Å². The normalized spacial score (nSPS) is 14.4. The summed E-state index contributed by atoms with van der Waals surface area (Å²) in [6.07, 6.45) is -6.14. The van der Waals surface area contributed by atoms with Gasteiger partial charge in [0.05, 0.1) is 28.6 Å². The first-order valence-corrected chi connectivity index (χ1v) is 22.7. The molecule has 0 aliphatic carbocycles. The molecule has 68 heavy (non-hydrogen) atoms. The SMILES string of the molecule is C[C@H](Cc1cc2c(c(C(N)=O)c1)N(CCC(O)CCN1CCc3cc(C[C@@H](C)NCCOc4ccccc4OCC(F)(F)F)cc(C(N)=O)c31)CC2)NCCOc1ccccc1OCC(F)(F)F. The maximum atomic E-state index is 12.8. The smallest absolute Gasteiger partial charge is 0.422 e. The highest BCUT2D eigenvalue weighted by Gasteiger charge is 2.31. The third kappa shape index (κ3) is 15.0. The molecule has 2 aliphatic rings. The number of amides is 2. The summed E-state index contributed by atoms with van der Waals surface area (Å²) in [6, 6.07) is 20.1. The number of benzene rings is 4. The predicted molar refractivity (Wildman–Crippen MR) is 246 cm³/mol. The third-order valence-corrected chi connectivity index (χ3v) is 11.7. The number of nitrogens with two attached hydrogens (primary N) is 2. The van der Waals surface area contributed by atoms with Crippen molar-refractivity contribution in [2.45, 2.75) is 82.9 Å². The number of carbonyl (C=O) groups excluding carboxylic acids is 2. The first kappa shape index (κ1) is 51.5. The number of anilines is 2. The molecule has 2 aliphatic heterocycles. The van der Waals surface area contributed by atoms with Gasteiger partial charge < -0.3 is 56.0 Å². The third-order valence-electron chi connectivity index (χ3n) is 11.7. The number of fused-ring (bicyclic) bond motifs is 2. The molecule has 2 heterocycles. The molecule has 4 aromatic rings. The summed E-state index contributed by atoms with van der Waals surface area (Å²) in [4.78, 5) is 29.7. The monoisotopic (exact) mass is 958 g/mol. The molecule has 0 aromatic heterocycles. The van der Waals surface area contributed by atoms with Crippen LogP contribution in [0.25, 0.3) is 0 Å². The average molecular weight is 959 g/mol. The Hall–Kier alpha value is -5.92. The number of hydrogen-bond donors (Lipinski definition) is 5. The highest BCUT2D eigenvalue weighted by molar-refractivity contribution is 6.01. The number of halogens is 6. The molecule has 0 spiro atoms. The van der Waals surface area contributed by atoms with Gasteiger partial charge in [-0.1, -0.05) is 36.4 Å². The molecule has 0 radical (unpaired) electrons. The number of nitrogens with zero attached hydrogens (tertiary/aromatic N) is 2. The summed E-state index contributed by atoms with van der Waals surface area (Å²) in [5.41, 5.74) is 18.1. The molecule has 19 heteroatoms. The van der Waals surface area contributed by atoms with Gasteiger partial charge in [-0.2, -0.15) is 26.3 Å². The van der Waals surface area contributed by atoms with Crippen molar-refractivity contribution < 1.29 is 60.0 Å². The van der Waals surface area contributed by atoms with Gasteiger partial charge in [0.2, 0.25) is 0 Å². The van der Waals surface area contributed by atoms with Gasteiger partial charge in [0.1, 0.15) is 13.2 Å². The minimum atomic E-state index is -4.47. The molecule has 4 aromatic carbocycles. The van der Waals surface area contributed by atoms with Gasteiger partial charge in [0, 0.05) is 51.4 Å². The first-order chi connectivity index (χ1) is 32.3. The Kier molecular flexibility index (Phi) is 17.7. The second-order valence-electron chi connectivity index (χ2n) is 17.3. The van der Waals surface area contributed by atoms with E-state index < -0.39 is 43.5 Å². The van der Waals surface area contributed by atoms with Crippen molar-refractivity contribution in [3.05, 3.63) is 106 Å². The number of carbonyl (C=O) groups is 2. The summed E-state index contributed by atoms with van der Waals surface area (Å²) in [6.45, 7) is 4.66. The molecule has 2 atom stereocenters. The molecule has 13 nitrogen and oxygen atoms in total. The fourth-order valence-corrected chi connectivity index (χ4v) is 8.68. The zero-order valence-corrected chi connectivity index (χ0v) is 38.2. The maximum Gasteiger partial charge on any atom is 0.422 e. The van der Waals surface area contributed by atoms with Gasteiger partial charge in [0.25, 0.3) is 11.8 Å². The molecule has 6 rings (SSSR count). The number of hydrogen-bond acceptors (Lipinski definition) is 11. The van der Waals surface area contributed by atoms with Crippen molar-refractivity contribution in [3.63, 3.8) is 0 Å². The van der Waals surface area contributed by atoms with E-state index in [0.717, 1.165) is 33.6 Å². The van der Waals surface area contributed by atoms with E-state index in [1.54, 1.807) is 36.4 Å². The number of nitrogens with one attached hydrogen (secondary N) is 2. The van der Waals surface area contributed by atoms with Gasteiger partial charge in [-0.05, 0) is 111 Å². The molecule has 0 unspecified atom stereocenters. The molecule has 0 saturated heterocycles. The highest BCUT2D eigenvalue weighted by Crippen LogP contribution is 2.36. The zero-order chi connectivity index (χ0) is 49.0. The summed E-state index contributed by atoms with van der Waals surface area (Å²) >= 11 is 0. The van der Waals surface area contributed by atoms with Crippen LogP contribution in [0, 0.1) is 0 Å². The number of rotatable bonds is 26. The molecule has 7 N–H and O–H groups in total. The van der Waals surface area contributed by atoms with Gasteiger partial charge in [-0.25, -0.2) is 0 Å². The van der Waals surface area contributed by atoms with Crippen molar-refractivity contribution in [3.8, 4) is 23.0 Å². The van der Waals surface area contributed by atoms with E-state index in [2.05, 4.69) is 32.6 Å². The number of ether oxygens (including phenoxy) is 4. The van der Waals surface area contributed by atoms with Crippen molar-refractivity contribution in [1.82, 2.24) is 10.6 Å². The number of primary amides is 2. The van der Waals surface area contributed by atoms with Crippen LogP contribution in [0.5, 0.6) is 23.0 Å². The Morgan fingerprint density at radius 3 is 1.35 bits per heavy atom. The zero-order valence-electron chi connectivity index (χ0n) is 38.2. The van der Waals surface area contributed by atoms with E-state index in [0.29, 0.717) is 88.9 Å².